The Morgan fingerprint density at radius 3 is 2.38 bits per heavy atom. The van der Waals surface area contributed by atoms with Gasteiger partial charge in [0.05, 0.1) is 7.11 Å². The molecular weight excluding hydrogens is 256 g/mol. The van der Waals surface area contributed by atoms with Crippen molar-refractivity contribution in [1.82, 2.24) is 0 Å². The van der Waals surface area contributed by atoms with E-state index >= 15 is 0 Å². The van der Waals surface area contributed by atoms with Gasteiger partial charge < -0.3 is 4.74 Å². The highest BCUT2D eigenvalue weighted by Gasteiger charge is 2.11. The second-order valence-electron chi connectivity index (χ2n) is 5.20. The summed E-state index contributed by atoms with van der Waals surface area (Å²) in [5, 5.41) is 5.20. The first-order valence-electron chi connectivity index (χ1n) is 7.44. The maximum Gasteiger partial charge on any atom is 0.119 e. The molecule has 21 heavy (non-hydrogen) atoms. The molecule has 0 spiro atoms. The van der Waals surface area contributed by atoms with E-state index in [1.165, 1.54) is 32.7 Å². The van der Waals surface area contributed by atoms with Crippen LogP contribution in [0.4, 0.5) is 0 Å². The molecule has 3 aromatic carbocycles. The van der Waals surface area contributed by atoms with E-state index in [-0.39, 0.29) is 0 Å². The summed E-state index contributed by atoms with van der Waals surface area (Å²) in [6, 6.07) is 15.0. The molecule has 0 aliphatic rings. The largest absolute Gasteiger partial charge is 0.497 e. The first-order chi connectivity index (χ1) is 10.3. The Bertz CT molecular complexity index is 828. The predicted octanol–water partition coefficient (Wildman–Crippen LogP) is 5.60. The van der Waals surface area contributed by atoms with E-state index in [1.807, 2.05) is 0 Å². The molecule has 0 aliphatic heterocycles. The average Bonchev–Trinajstić information content (AvgIpc) is 2.55. The third-order valence-electron chi connectivity index (χ3n) is 4.07. The second kappa shape index (κ2) is 5.61. The number of allylic oxidation sites excluding steroid dienone is 1. The Balaban J connectivity index is 2.55. The quantitative estimate of drug-likeness (QED) is 0.566. The van der Waals surface area contributed by atoms with Crippen molar-refractivity contribution in [2.75, 3.05) is 7.11 Å². The number of fused-ring (bicyclic) bond motifs is 3. The lowest BCUT2D eigenvalue weighted by Gasteiger charge is -2.15. The molecule has 0 N–H and O–H groups in total. The molecule has 0 heterocycles. The smallest absolute Gasteiger partial charge is 0.119 e. The van der Waals surface area contributed by atoms with Gasteiger partial charge in [-0.25, -0.2) is 0 Å². The highest BCUT2D eigenvalue weighted by Crippen LogP contribution is 2.35. The van der Waals surface area contributed by atoms with Crippen molar-refractivity contribution in [3.05, 3.63) is 59.7 Å². The van der Waals surface area contributed by atoms with Crippen LogP contribution >= 0.6 is 0 Å². The van der Waals surface area contributed by atoms with Gasteiger partial charge in [0, 0.05) is 0 Å². The summed E-state index contributed by atoms with van der Waals surface area (Å²) >= 11 is 0. The van der Waals surface area contributed by atoms with Crippen LogP contribution in [0.25, 0.3) is 27.6 Å². The van der Waals surface area contributed by atoms with Gasteiger partial charge in [-0.1, -0.05) is 49.4 Å². The summed E-state index contributed by atoms with van der Waals surface area (Å²) in [6.45, 7) is 4.30. The molecule has 0 bridgehead atoms. The SMILES string of the molecule is C/C=C\c1c(CC)c2ccc(OC)cc2c2ccccc12. The molecule has 0 aliphatic carbocycles. The molecular formula is C20H20O. The van der Waals surface area contributed by atoms with Crippen LogP contribution in [0.1, 0.15) is 25.0 Å². The molecule has 0 atom stereocenters. The van der Waals surface area contributed by atoms with Crippen LogP contribution in [0.2, 0.25) is 0 Å². The zero-order valence-electron chi connectivity index (χ0n) is 12.8. The van der Waals surface area contributed by atoms with E-state index in [4.69, 9.17) is 4.74 Å². The average molecular weight is 276 g/mol. The number of benzene rings is 3. The molecule has 0 unspecified atom stereocenters. The van der Waals surface area contributed by atoms with E-state index in [1.54, 1.807) is 7.11 Å². The minimum atomic E-state index is 0.911. The maximum atomic E-state index is 5.41. The number of hydrogen-bond donors (Lipinski definition) is 0. The minimum Gasteiger partial charge on any atom is -0.497 e. The van der Waals surface area contributed by atoms with Gasteiger partial charge in [-0.2, -0.15) is 0 Å². The van der Waals surface area contributed by atoms with Crippen molar-refractivity contribution in [2.45, 2.75) is 20.3 Å². The van der Waals surface area contributed by atoms with Crippen molar-refractivity contribution in [3.63, 3.8) is 0 Å². The van der Waals surface area contributed by atoms with Crippen LogP contribution in [0.3, 0.4) is 0 Å². The van der Waals surface area contributed by atoms with E-state index in [2.05, 4.69) is 68.5 Å². The Morgan fingerprint density at radius 1 is 0.952 bits per heavy atom. The van der Waals surface area contributed by atoms with Gasteiger partial charge in [0.2, 0.25) is 0 Å². The van der Waals surface area contributed by atoms with Crippen LogP contribution in [0.5, 0.6) is 5.75 Å². The zero-order chi connectivity index (χ0) is 14.8. The van der Waals surface area contributed by atoms with Crippen LogP contribution < -0.4 is 4.74 Å². The van der Waals surface area contributed by atoms with E-state index in [0.717, 1.165) is 12.2 Å². The molecule has 0 aromatic heterocycles. The highest BCUT2D eigenvalue weighted by atomic mass is 16.5. The zero-order valence-corrected chi connectivity index (χ0v) is 12.8. The third kappa shape index (κ3) is 2.19. The predicted molar refractivity (Wildman–Crippen MR) is 92.1 cm³/mol. The maximum absolute atomic E-state index is 5.41. The Hall–Kier alpha value is -2.28. The van der Waals surface area contributed by atoms with E-state index < -0.39 is 0 Å². The van der Waals surface area contributed by atoms with Crippen molar-refractivity contribution >= 4 is 27.6 Å². The first-order valence-corrected chi connectivity index (χ1v) is 7.44. The minimum absolute atomic E-state index is 0.911. The van der Waals surface area contributed by atoms with Crippen LogP contribution in [-0.4, -0.2) is 7.11 Å². The van der Waals surface area contributed by atoms with Gasteiger partial charge in [0.15, 0.2) is 0 Å². The summed E-state index contributed by atoms with van der Waals surface area (Å²) in [5.74, 6) is 0.911. The number of hydrogen-bond acceptors (Lipinski definition) is 1. The molecule has 1 heteroatoms. The summed E-state index contributed by atoms with van der Waals surface area (Å²) in [5.41, 5.74) is 2.75. The molecule has 0 fully saturated rings. The van der Waals surface area contributed by atoms with Gasteiger partial charge in [-0.15, -0.1) is 0 Å². The molecule has 0 amide bonds. The van der Waals surface area contributed by atoms with Gasteiger partial charge in [0.1, 0.15) is 5.75 Å². The van der Waals surface area contributed by atoms with Crippen molar-refractivity contribution in [2.24, 2.45) is 0 Å². The van der Waals surface area contributed by atoms with Crippen LogP contribution in [0.15, 0.2) is 48.5 Å². The van der Waals surface area contributed by atoms with Crippen LogP contribution in [0, 0.1) is 0 Å². The molecule has 3 rings (SSSR count). The third-order valence-corrected chi connectivity index (χ3v) is 4.07. The van der Waals surface area contributed by atoms with Gasteiger partial charge in [-0.05, 0) is 58.1 Å². The molecule has 0 saturated carbocycles. The fourth-order valence-electron chi connectivity index (χ4n) is 3.13. The van der Waals surface area contributed by atoms with Gasteiger partial charge in [-0.3, -0.25) is 0 Å². The summed E-state index contributed by atoms with van der Waals surface area (Å²) < 4.78 is 5.41. The number of ether oxygens (including phenoxy) is 1. The monoisotopic (exact) mass is 276 g/mol. The highest BCUT2D eigenvalue weighted by molar-refractivity contribution is 6.13. The summed E-state index contributed by atoms with van der Waals surface area (Å²) in [4.78, 5) is 0. The van der Waals surface area contributed by atoms with E-state index in [0.29, 0.717) is 0 Å². The lowest BCUT2D eigenvalue weighted by atomic mass is 9.90. The van der Waals surface area contributed by atoms with Gasteiger partial charge >= 0.3 is 0 Å². The molecule has 1 nitrogen and oxygen atoms in total. The normalized spacial score (nSPS) is 11.6. The lowest BCUT2D eigenvalue weighted by molar-refractivity contribution is 0.415. The molecule has 106 valence electrons. The molecule has 3 aromatic rings. The molecule has 0 radical (unpaired) electrons. The standard InChI is InChI=1S/C20H20O/c1-4-8-16-15(5-2)19-12-11-14(21-3)13-20(19)18-10-7-6-9-17(16)18/h4,6-13H,5H2,1-3H3/b8-4-. The summed E-state index contributed by atoms with van der Waals surface area (Å²) in [7, 11) is 1.72. The fraction of sp³-hybridized carbons (Fsp3) is 0.200. The van der Waals surface area contributed by atoms with E-state index in [9.17, 15) is 0 Å². The Labute approximate surface area is 125 Å². The Kier molecular flexibility index (Phi) is 3.66. The van der Waals surface area contributed by atoms with Crippen LogP contribution in [-0.2, 0) is 6.42 Å². The lowest BCUT2D eigenvalue weighted by Crippen LogP contribution is -1.93. The first kappa shape index (κ1) is 13.7. The van der Waals surface area contributed by atoms with Gasteiger partial charge in [0.25, 0.3) is 0 Å². The van der Waals surface area contributed by atoms with Crippen molar-refractivity contribution in [1.29, 1.82) is 0 Å². The summed E-state index contributed by atoms with van der Waals surface area (Å²) in [6.07, 6.45) is 5.37. The number of aryl methyl sites for hydroxylation is 1. The number of rotatable bonds is 3. The topological polar surface area (TPSA) is 9.23 Å². The second-order valence-corrected chi connectivity index (χ2v) is 5.20. The molecule has 0 saturated heterocycles. The number of methoxy groups -OCH3 is 1. The fourth-order valence-corrected chi connectivity index (χ4v) is 3.13. The Morgan fingerprint density at radius 2 is 1.71 bits per heavy atom. The van der Waals surface area contributed by atoms with Crippen molar-refractivity contribution < 1.29 is 4.74 Å². The van der Waals surface area contributed by atoms with Crippen molar-refractivity contribution in [3.8, 4) is 5.75 Å².